The lowest BCUT2D eigenvalue weighted by Crippen LogP contribution is -2.23. The van der Waals surface area contributed by atoms with Gasteiger partial charge in [0.05, 0.1) is 5.56 Å². The summed E-state index contributed by atoms with van der Waals surface area (Å²) in [4.78, 5) is 11.8. The smallest absolute Gasteiger partial charge is 0.338 e. The van der Waals surface area contributed by atoms with Gasteiger partial charge >= 0.3 is 11.9 Å². The van der Waals surface area contributed by atoms with Crippen LogP contribution in [0.3, 0.4) is 0 Å². The Hall–Kier alpha value is -2.14. The molecule has 6 heteroatoms. The molecule has 0 aliphatic carbocycles. The number of benzene rings is 2. The van der Waals surface area contributed by atoms with Gasteiger partial charge in [-0.05, 0) is 18.2 Å². The van der Waals surface area contributed by atoms with Crippen molar-refractivity contribution < 1.29 is 18.3 Å². The van der Waals surface area contributed by atoms with Crippen molar-refractivity contribution in [2.45, 2.75) is 5.92 Å². The highest BCUT2D eigenvalue weighted by Gasteiger charge is 2.33. The normalized spacial score (nSPS) is 11.2. The number of alkyl halides is 2. The summed E-state index contributed by atoms with van der Waals surface area (Å²) < 4.78 is 32.4. The molecule has 0 heterocycles. The number of nitrogens with two attached hydrogens (primary N) is 1. The zero-order valence-electron chi connectivity index (χ0n) is 10.9. The van der Waals surface area contributed by atoms with Crippen molar-refractivity contribution in [2.24, 2.45) is 0 Å². The lowest BCUT2D eigenvalue weighted by atomic mass is 10.1. The molecule has 0 aliphatic heterocycles. The zero-order valence-corrected chi connectivity index (χ0v) is 11.6. The highest BCUT2D eigenvalue weighted by Crippen LogP contribution is 2.28. The third kappa shape index (κ3) is 3.92. The van der Waals surface area contributed by atoms with Crippen LogP contribution in [0.5, 0.6) is 0 Å². The average Bonchev–Trinajstić information content (AvgIpc) is 2.45. The predicted octanol–water partition coefficient (Wildman–Crippen LogP) is 3.87. The number of rotatable bonds is 4. The van der Waals surface area contributed by atoms with E-state index in [2.05, 4.69) is 4.74 Å². The molecule has 0 fully saturated rings. The lowest BCUT2D eigenvalue weighted by Gasteiger charge is -2.16. The van der Waals surface area contributed by atoms with E-state index in [-0.39, 0.29) is 21.8 Å². The highest BCUT2D eigenvalue weighted by molar-refractivity contribution is 6.31. The number of carbonyl (C=O) groups is 1. The minimum absolute atomic E-state index is 0.0314. The number of esters is 1. The summed E-state index contributed by atoms with van der Waals surface area (Å²) in [6, 6.07) is 11.2. The quantitative estimate of drug-likeness (QED) is 0.689. The lowest BCUT2D eigenvalue weighted by molar-refractivity contribution is -0.0661. The Bertz CT molecular complexity index is 627. The van der Waals surface area contributed by atoms with Crippen LogP contribution >= 0.6 is 11.6 Å². The van der Waals surface area contributed by atoms with E-state index in [4.69, 9.17) is 17.3 Å². The number of anilines is 1. The molecular weight excluding hydrogens is 300 g/mol. The molecule has 0 amide bonds. The minimum Gasteiger partial charge on any atom is -0.455 e. The average molecular weight is 312 g/mol. The maximum Gasteiger partial charge on any atom is 0.338 e. The van der Waals surface area contributed by atoms with Gasteiger partial charge in [0.2, 0.25) is 0 Å². The van der Waals surface area contributed by atoms with Gasteiger partial charge in [-0.15, -0.1) is 0 Å². The van der Waals surface area contributed by atoms with Crippen molar-refractivity contribution in [3.05, 3.63) is 64.7 Å². The Morgan fingerprint density at radius 2 is 1.86 bits per heavy atom. The van der Waals surface area contributed by atoms with E-state index >= 15 is 0 Å². The number of carbonyl (C=O) groups excluding carboxylic acids is 1. The molecule has 0 aliphatic rings. The van der Waals surface area contributed by atoms with Crippen molar-refractivity contribution >= 4 is 23.3 Å². The molecule has 0 bridgehead atoms. The summed E-state index contributed by atoms with van der Waals surface area (Å²) in [5, 5.41) is 0.233. The maximum absolute atomic E-state index is 13.9. The van der Waals surface area contributed by atoms with Crippen LogP contribution in [0.1, 0.15) is 15.9 Å². The Labute approximate surface area is 125 Å². The topological polar surface area (TPSA) is 52.3 Å². The molecule has 0 unspecified atom stereocenters. The minimum atomic E-state index is -3.26. The van der Waals surface area contributed by atoms with E-state index in [1.165, 1.54) is 42.5 Å². The molecule has 2 N–H and O–H groups in total. The van der Waals surface area contributed by atoms with Gasteiger partial charge in [-0.1, -0.05) is 41.9 Å². The Morgan fingerprint density at radius 1 is 1.19 bits per heavy atom. The van der Waals surface area contributed by atoms with E-state index in [0.29, 0.717) is 0 Å². The van der Waals surface area contributed by atoms with Crippen LogP contribution in [0.15, 0.2) is 48.5 Å². The van der Waals surface area contributed by atoms with Crippen LogP contribution in [-0.4, -0.2) is 12.6 Å². The molecule has 110 valence electrons. The first-order valence-electron chi connectivity index (χ1n) is 6.05. The van der Waals surface area contributed by atoms with Gasteiger partial charge in [0, 0.05) is 16.3 Å². The predicted molar refractivity (Wildman–Crippen MR) is 76.5 cm³/mol. The van der Waals surface area contributed by atoms with Gasteiger partial charge in [-0.2, -0.15) is 8.78 Å². The monoisotopic (exact) mass is 311 g/mol. The maximum atomic E-state index is 13.9. The Morgan fingerprint density at radius 3 is 2.48 bits per heavy atom. The van der Waals surface area contributed by atoms with Crippen molar-refractivity contribution in [3.8, 4) is 0 Å². The second kappa shape index (κ2) is 6.10. The molecule has 2 aromatic carbocycles. The molecule has 2 aromatic rings. The first-order chi connectivity index (χ1) is 9.88. The summed E-state index contributed by atoms with van der Waals surface area (Å²) in [6.45, 7) is -1.05. The molecular formula is C15H12ClF2NO2. The number of ether oxygens (including phenoxy) is 1. The standard InChI is InChI=1S/C15H12ClF2NO2/c16-12-6-10(7-13(19)8-12)14(20)21-9-15(17,18)11-4-2-1-3-5-11/h1-8H,9,19H2. The molecule has 21 heavy (non-hydrogen) atoms. The first-order valence-corrected chi connectivity index (χ1v) is 6.43. The summed E-state index contributed by atoms with van der Waals surface area (Å²) in [6.07, 6.45) is 0. The van der Waals surface area contributed by atoms with Crippen molar-refractivity contribution in [3.63, 3.8) is 0 Å². The highest BCUT2D eigenvalue weighted by atomic mass is 35.5. The zero-order chi connectivity index (χ0) is 15.5. The van der Waals surface area contributed by atoms with Crippen LogP contribution in [0.25, 0.3) is 0 Å². The van der Waals surface area contributed by atoms with Gasteiger partial charge < -0.3 is 10.5 Å². The summed E-state index contributed by atoms with van der Waals surface area (Å²) >= 11 is 5.74. The molecule has 0 radical (unpaired) electrons. The number of hydrogen-bond donors (Lipinski definition) is 1. The van der Waals surface area contributed by atoms with Crippen LogP contribution in [-0.2, 0) is 10.7 Å². The number of halogens is 3. The third-order valence-electron chi connectivity index (χ3n) is 2.74. The molecule has 0 atom stereocenters. The number of hydrogen-bond acceptors (Lipinski definition) is 3. The fourth-order valence-corrected chi connectivity index (χ4v) is 1.98. The van der Waals surface area contributed by atoms with E-state index in [1.807, 2.05) is 0 Å². The van der Waals surface area contributed by atoms with E-state index in [9.17, 15) is 13.6 Å². The molecule has 2 rings (SSSR count). The van der Waals surface area contributed by atoms with Crippen LogP contribution in [0, 0.1) is 0 Å². The van der Waals surface area contributed by atoms with Crippen molar-refractivity contribution in [2.75, 3.05) is 12.3 Å². The summed E-state index contributed by atoms with van der Waals surface area (Å²) in [5.41, 5.74) is 5.60. The van der Waals surface area contributed by atoms with Crippen molar-refractivity contribution in [1.82, 2.24) is 0 Å². The SMILES string of the molecule is Nc1cc(Cl)cc(C(=O)OCC(F)(F)c2ccccc2)c1. The van der Waals surface area contributed by atoms with Gasteiger partial charge in [0.15, 0.2) is 6.61 Å². The van der Waals surface area contributed by atoms with Crippen LogP contribution in [0.4, 0.5) is 14.5 Å². The van der Waals surface area contributed by atoms with E-state index < -0.39 is 18.5 Å². The molecule has 0 saturated heterocycles. The molecule has 3 nitrogen and oxygen atoms in total. The fraction of sp³-hybridized carbons (Fsp3) is 0.133. The first kappa shape index (κ1) is 15.3. The van der Waals surface area contributed by atoms with Crippen LogP contribution in [0.2, 0.25) is 5.02 Å². The van der Waals surface area contributed by atoms with E-state index in [1.54, 1.807) is 6.07 Å². The Balaban J connectivity index is 2.07. The van der Waals surface area contributed by atoms with Crippen LogP contribution < -0.4 is 5.73 Å². The molecule has 0 aromatic heterocycles. The van der Waals surface area contributed by atoms with Gasteiger partial charge in [-0.25, -0.2) is 4.79 Å². The Kier molecular flexibility index (Phi) is 4.43. The second-order valence-electron chi connectivity index (χ2n) is 4.42. The fourth-order valence-electron chi connectivity index (χ4n) is 1.74. The summed E-state index contributed by atoms with van der Waals surface area (Å²) in [7, 11) is 0. The molecule has 0 saturated carbocycles. The van der Waals surface area contributed by atoms with Gasteiger partial charge in [0.1, 0.15) is 0 Å². The van der Waals surface area contributed by atoms with Gasteiger partial charge in [0.25, 0.3) is 0 Å². The molecule has 0 spiro atoms. The van der Waals surface area contributed by atoms with E-state index in [0.717, 1.165) is 0 Å². The second-order valence-corrected chi connectivity index (χ2v) is 4.86. The van der Waals surface area contributed by atoms with Gasteiger partial charge in [-0.3, -0.25) is 0 Å². The summed E-state index contributed by atoms with van der Waals surface area (Å²) in [5.74, 6) is -4.17. The largest absolute Gasteiger partial charge is 0.455 e. The third-order valence-corrected chi connectivity index (χ3v) is 2.95. The number of nitrogen functional groups attached to an aromatic ring is 1. The van der Waals surface area contributed by atoms with Crippen molar-refractivity contribution in [1.29, 1.82) is 0 Å².